The Balaban J connectivity index is 2.26. The van der Waals surface area contributed by atoms with Gasteiger partial charge in [-0.3, -0.25) is 4.79 Å². The molecule has 0 spiro atoms. The molecule has 0 aromatic heterocycles. The third kappa shape index (κ3) is 5.77. The lowest BCUT2D eigenvalue weighted by molar-refractivity contribution is -0.113. The molecule has 0 aliphatic carbocycles. The number of thioether (sulfide) groups is 1. The summed E-state index contributed by atoms with van der Waals surface area (Å²) in [6.45, 7) is 0. The van der Waals surface area contributed by atoms with Gasteiger partial charge in [0.05, 0.1) is 5.75 Å². The molecule has 1 amide bonds. The minimum Gasteiger partial charge on any atom is -0.325 e. The molecule has 88 valence electrons. The maximum Gasteiger partial charge on any atom is 0.234 e. The van der Waals surface area contributed by atoms with E-state index in [0.29, 0.717) is 10.8 Å². The Bertz CT molecular complexity index is 331. The van der Waals surface area contributed by atoms with Crippen molar-refractivity contribution in [2.45, 2.75) is 6.42 Å². The van der Waals surface area contributed by atoms with Crippen molar-refractivity contribution in [1.82, 2.24) is 0 Å². The summed E-state index contributed by atoms with van der Waals surface area (Å²) in [5.74, 6) is 1.52. The van der Waals surface area contributed by atoms with E-state index in [1.807, 2.05) is 0 Å². The van der Waals surface area contributed by atoms with E-state index in [1.54, 1.807) is 36.0 Å². The van der Waals surface area contributed by atoms with E-state index in [9.17, 15) is 4.79 Å². The standard InChI is InChI=1S/C11H13BrClNOS/c12-6-1-7-16-8-11(15)14-10-4-2-9(13)3-5-10/h2-5H,1,6-8H2,(H,14,15). The van der Waals surface area contributed by atoms with E-state index in [-0.39, 0.29) is 5.91 Å². The van der Waals surface area contributed by atoms with Gasteiger partial charge < -0.3 is 5.32 Å². The van der Waals surface area contributed by atoms with Crippen LogP contribution in [-0.2, 0) is 4.79 Å². The number of amides is 1. The quantitative estimate of drug-likeness (QED) is 0.637. The van der Waals surface area contributed by atoms with Gasteiger partial charge in [0, 0.05) is 16.0 Å². The number of carbonyl (C=O) groups excluding carboxylic acids is 1. The summed E-state index contributed by atoms with van der Waals surface area (Å²) in [7, 11) is 0. The van der Waals surface area contributed by atoms with Gasteiger partial charge in [0.15, 0.2) is 0 Å². The highest BCUT2D eigenvalue weighted by Gasteiger charge is 2.01. The molecule has 1 N–H and O–H groups in total. The summed E-state index contributed by atoms with van der Waals surface area (Å²) in [5, 5.41) is 4.47. The van der Waals surface area contributed by atoms with Crippen molar-refractivity contribution in [3.63, 3.8) is 0 Å². The van der Waals surface area contributed by atoms with Crippen molar-refractivity contribution in [2.24, 2.45) is 0 Å². The first kappa shape index (κ1) is 13.9. The van der Waals surface area contributed by atoms with Gasteiger partial charge >= 0.3 is 0 Å². The maximum absolute atomic E-state index is 11.5. The van der Waals surface area contributed by atoms with Crippen LogP contribution < -0.4 is 5.32 Å². The Morgan fingerprint density at radius 1 is 1.38 bits per heavy atom. The van der Waals surface area contributed by atoms with Crippen molar-refractivity contribution >= 4 is 50.9 Å². The van der Waals surface area contributed by atoms with Gasteiger partial charge in [0.1, 0.15) is 0 Å². The van der Waals surface area contributed by atoms with E-state index in [4.69, 9.17) is 11.6 Å². The van der Waals surface area contributed by atoms with Gasteiger partial charge in [-0.1, -0.05) is 27.5 Å². The molecule has 0 saturated carbocycles. The Kier molecular flexibility index (Phi) is 6.92. The Morgan fingerprint density at radius 2 is 2.06 bits per heavy atom. The summed E-state index contributed by atoms with van der Waals surface area (Å²) < 4.78 is 0. The van der Waals surface area contributed by atoms with Crippen LogP contribution in [0.1, 0.15) is 6.42 Å². The Hall–Kier alpha value is -0.190. The summed E-state index contributed by atoms with van der Waals surface area (Å²) in [6.07, 6.45) is 1.08. The lowest BCUT2D eigenvalue weighted by Crippen LogP contribution is -2.14. The number of anilines is 1. The van der Waals surface area contributed by atoms with Crippen LogP contribution in [0.3, 0.4) is 0 Å². The number of nitrogens with one attached hydrogen (secondary N) is 1. The first-order chi connectivity index (χ1) is 7.72. The first-order valence-corrected chi connectivity index (χ1v) is 7.57. The topological polar surface area (TPSA) is 29.1 Å². The molecule has 0 fully saturated rings. The van der Waals surface area contributed by atoms with E-state index >= 15 is 0 Å². The third-order valence-corrected chi connectivity index (χ3v) is 3.64. The van der Waals surface area contributed by atoms with Gasteiger partial charge in [0.25, 0.3) is 0 Å². The molecule has 16 heavy (non-hydrogen) atoms. The highest BCUT2D eigenvalue weighted by atomic mass is 79.9. The average molecular weight is 323 g/mol. The SMILES string of the molecule is O=C(CSCCCBr)Nc1ccc(Cl)cc1. The molecular formula is C11H13BrClNOS. The lowest BCUT2D eigenvalue weighted by Gasteiger charge is -2.04. The van der Waals surface area contributed by atoms with Crippen LogP contribution in [0.4, 0.5) is 5.69 Å². The molecule has 0 aliphatic heterocycles. The zero-order valence-electron chi connectivity index (χ0n) is 8.71. The number of benzene rings is 1. The number of hydrogen-bond donors (Lipinski definition) is 1. The van der Waals surface area contributed by atoms with Crippen LogP contribution in [-0.4, -0.2) is 22.7 Å². The Labute approximate surface area is 113 Å². The monoisotopic (exact) mass is 321 g/mol. The van der Waals surface area contributed by atoms with Crippen molar-refractivity contribution in [3.8, 4) is 0 Å². The maximum atomic E-state index is 11.5. The van der Waals surface area contributed by atoms with E-state index in [0.717, 1.165) is 23.2 Å². The normalized spacial score (nSPS) is 10.1. The predicted octanol–water partition coefficient (Wildman–Crippen LogP) is 3.80. The number of alkyl halides is 1. The molecule has 1 rings (SSSR count). The molecule has 0 bridgehead atoms. The third-order valence-electron chi connectivity index (χ3n) is 1.78. The zero-order chi connectivity index (χ0) is 11.8. The molecule has 0 saturated heterocycles. The summed E-state index contributed by atoms with van der Waals surface area (Å²) in [4.78, 5) is 11.5. The van der Waals surface area contributed by atoms with Gasteiger partial charge in [-0.05, 0) is 36.4 Å². The minimum absolute atomic E-state index is 0.0295. The second kappa shape index (κ2) is 7.98. The fraction of sp³-hybridized carbons (Fsp3) is 0.364. The van der Waals surface area contributed by atoms with Crippen LogP contribution in [0.15, 0.2) is 24.3 Å². The molecule has 0 unspecified atom stereocenters. The smallest absolute Gasteiger partial charge is 0.234 e. The molecule has 2 nitrogen and oxygen atoms in total. The van der Waals surface area contributed by atoms with Crippen molar-refractivity contribution in [3.05, 3.63) is 29.3 Å². The van der Waals surface area contributed by atoms with E-state index in [2.05, 4.69) is 21.2 Å². The van der Waals surface area contributed by atoms with E-state index in [1.165, 1.54) is 0 Å². The fourth-order valence-electron chi connectivity index (χ4n) is 1.05. The average Bonchev–Trinajstić information content (AvgIpc) is 2.28. The molecule has 0 radical (unpaired) electrons. The van der Waals surface area contributed by atoms with Crippen molar-refractivity contribution in [2.75, 3.05) is 22.2 Å². The van der Waals surface area contributed by atoms with Crippen LogP contribution in [0.2, 0.25) is 5.02 Å². The summed E-state index contributed by atoms with van der Waals surface area (Å²) in [5.41, 5.74) is 0.787. The highest BCUT2D eigenvalue weighted by Crippen LogP contribution is 2.14. The fourth-order valence-corrected chi connectivity index (χ4v) is 2.58. The molecular weight excluding hydrogens is 310 g/mol. The first-order valence-electron chi connectivity index (χ1n) is 4.91. The number of hydrogen-bond acceptors (Lipinski definition) is 2. The second-order valence-electron chi connectivity index (χ2n) is 3.15. The van der Waals surface area contributed by atoms with Gasteiger partial charge in [-0.25, -0.2) is 0 Å². The minimum atomic E-state index is 0.0295. The predicted molar refractivity (Wildman–Crippen MR) is 75.8 cm³/mol. The lowest BCUT2D eigenvalue weighted by atomic mass is 10.3. The van der Waals surface area contributed by atoms with Crippen molar-refractivity contribution in [1.29, 1.82) is 0 Å². The number of halogens is 2. The highest BCUT2D eigenvalue weighted by molar-refractivity contribution is 9.09. The van der Waals surface area contributed by atoms with Crippen LogP contribution in [0.25, 0.3) is 0 Å². The zero-order valence-corrected chi connectivity index (χ0v) is 11.9. The molecule has 5 heteroatoms. The molecule has 0 aliphatic rings. The molecule has 1 aromatic rings. The largest absolute Gasteiger partial charge is 0.325 e. The van der Waals surface area contributed by atoms with Crippen LogP contribution >= 0.6 is 39.3 Å². The van der Waals surface area contributed by atoms with Gasteiger partial charge in [-0.2, -0.15) is 11.8 Å². The molecule has 1 aromatic carbocycles. The number of carbonyl (C=O) groups is 1. The van der Waals surface area contributed by atoms with Crippen LogP contribution in [0.5, 0.6) is 0 Å². The van der Waals surface area contributed by atoms with Crippen molar-refractivity contribution < 1.29 is 4.79 Å². The van der Waals surface area contributed by atoms with Crippen LogP contribution in [0, 0.1) is 0 Å². The Morgan fingerprint density at radius 3 is 2.69 bits per heavy atom. The van der Waals surface area contributed by atoms with Gasteiger partial charge in [0.2, 0.25) is 5.91 Å². The van der Waals surface area contributed by atoms with Gasteiger partial charge in [-0.15, -0.1) is 0 Å². The number of rotatable bonds is 6. The molecule has 0 heterocycles. The molecule has 0 atom stereocenters. The summed E-state index contributed by atoms with van der Waals surface area (Å²) in [6, 6.07) is 7.11. The second-order valence-corrected chi connectivity index (χ2v) is 5.48. The van der Waals surface area contributed by atoms with E-state index < -0.39 is 0 Å². The summed E-state index contributed by atoms with van der Waals surface area (Å²) >= 11 is 10.7.